The van der Waals surface area contributed by atoms with Crippen LogP contribution in [0.1, 0.15) is 30.5 Å². The van der Waals surface area contributed by atoms with Crippen LogP contribution in [0.3, 0.4) is 0 Å². The lowest BCUT2D eigenvalue weighted by Gasteiger charge is -2.13. The molecular formula is C23H25N3O2S. The van der Waals surface area contributed by atoms with Crippen molar-refractivity contribution in [3.8, 4) is 5.69 Å². The van der Waals surface area contributed by atoms with Gasteiger partial charge in [-0.3, -0.25) is 9.59 Å². The molecule has 3 aromatic rings. The lowest BCUT2D eigenvalue weighted by atomic mass is 10.1. The molecule has 0 saturated heterocycles. The SMILES string of the molecule is CCc1ccc(CNC(=O)[C@@H](C)Sc2ccc(=O)n(-c3ccc(C)cc3)n2)cc1. The molecular weight excluding hydrogens is 382 g/mol. The molecule has 6 heteroatoms. The van der Waals surface area contributed by atoms with Gasteiger partial charge in [0.15, 0.2) is 0 Å². The number of aryl methyl sites for hydroxylation is 2. The van der Waals surface area contributed by atoms with Crippen molar-refractivity contribution < 1.29 is 4.79 Å². The number of nitrogens with one attached hydrogen (secondary N) is 1. The van der Waals surface area contributed by atoms with Crippen molar-refractivity contribution in [1.29, 1.82) is 0 Å². The maximum atomic E-state index is 12.5. The van der Waals surface area contributed by atoms with Crippen molar-refractivity contribution in [2.75, 3.05) is 0 Å². The number of thioether (sulfide) groups is 1. The second kappa shape index (κ2) is 9.56. The first-order valence-electron chi connectivity index (χ1n) is 9.66. The Kier molecular flexibility index (Phi) is 6.88. The fourth-order valence-electron chi connectivity index (χ4n) is 2.79. The van der Waals surface area contributed by atoms with Gasteiger partial charge in [-0.2, -0.15) is 9.78 Å². The quantitative estimate of drug-likeness (QED) is 0.604. The smallest absolute Gasteiger partial charge is 0.271 e. The van der Waals surface area contributed by atoms with E-state index >= 15 is 0 Å². The van der Waals surface area contributed by atoms with E-state index in [-0.39, 0.29) is 16.7 Å². The zero-order chi connectivity index (χ0) is 20.8. The molecule has 0 aliphatic rings. The molecule has 0 unspecified atom stereocenters. The minimum atomic E-state index is -0.332. The van der Waals surface area contributed by atoms with Crippen LogP contribution >= 0.6 is 11.8 Å². The third-order valence-corrected chi connectivity index (χ3v) is 5.65. The van der Waals surface area contributed by atoms with E-state index in [1.165, 1.54) is 28.1 Å². The van der Waals surface area contributed by atoms with E-state index in [0.717, 1.165) is 17.5 Å². The molecule has 3 rings (SSSR count). The van der Waals surface area contributed by atoms with Gasteiger partial charge in [0.25, 0.3) is 5.56 Å². The lowest BCUT2D eigenvalue weighted by Crippen LogP contribution is -2.30. The Bertz CT molecular complexity index is 1030. The number of nitrogens with zero attached hydrogens (tertiary/aromatic N) is 2. The third-order valence-electron chi connectivity index (χ3n) is 4.62. The summed E-state index contributed by atoms with van der Waals surface area (Å²) in [5.74, 6) is -0.0653. The number of carbonyl (C=O) groups excluding carboxylic acids is 1. The summed E-state index contributed by atoms with van der Waals surface area (Å²) >= 11 is 1.33. The van der Waals surface area contributed by atoms with E-state index in [1.807, 2.05) is 50.2 Å². The first-order valence-corrected chi connectivity index (χ1v) is 10.5. The van der Waals surface area contributed by atoms with Crippen LogP contribution in [0.25, 0.3) is 5.69 Å². The Labute approximate surface area is 175 Å². The molecule has 0 spiro atoms. The second-order valence-corrected chi connectivity index (χ2v) is 8.27. The fourth-order valence-corrected chi connectivity index (χ4v) is 3.62. The molecule has 1 N–H and O–H groups in total. The Morgan fingerprint density at radius 1 is 1.03 bits per heavy atom. The molecule has 1 heterocycles. The maximum Gasteiger partial charge on any atom is 0.271 e. The lowest BCUT2D eigenvalue weighted by molar-refractivity contribution is -0.120. The van der Waals surface area contributed by atoms with Crippen LogP contribution < -0.4 is 10.9 Å². The van der Waals surface area contributed by atoms with Crippen molar-refractivity contribution in [3.05, 3.63) is 87.7 Å². The first-order chi connectivity index (χ1) is 14.0. The van der Waals surface area contributed by atoms with Crippen molar-refractivity contribution in [1.82, 2.24) is 15.1 Å². The summed E-state index contributed by atoms with van der Waals surface area (Å²) < 4.78 is 1.36. The molecule has 0 radical (unpaired) electrons. The number of aromatic nitrogens is 2. The summed E-state index contributed by atoms with van der Waals surface area (Å²) in [4.78, 5) is 24.7. The number of benzene rings is 2. The third kappa shape index (κ3) is 5.57. The molecule has 0 aliphatic heterocycles. The predicted octanol–water partition coefficient (Wildman–Crippen LogP) is 3.90. The van der Waals surface area contributed by atoms with Crippen molar-refractivity contribution in [2.24, 2.45) is 0 Å². The zero-order valence-corrected chi connectivity index (χ0v) is 17.7. The highest BCUT2D eigenvalue weighted by atomic mass is 32.2. The monoisotopic (exact) mass is 407 g/mol. The van der Waals surface area contributed by atoms with Gasteiger partial charge in [-0.1, -0.05) is 60.6 Å². The molecule has 5 nitrogen and oxygen atoms in total. The topological polar surface area (TPSA) is 64.0 Å². The fraction of sp³-hybridized carbons (Fsp3) is 0.261. The van der Waals surface area contributed by atoms with E-state index in [9.17, 15) is 9.59 Å². The number of hydrogen-bond acceptors (Lipinski definition) is 4. The van der Waals surface area contributed by atoms with Gasteiger partial charge in [-0.25, -0.2) is 0 Å². The molecule has 150 valence electrons. The average Bonchev–Trinajstić information content (AvgIpc) is 2.74. The summed E-state index contributed by atoms with van der Waals surface area (Å²) in [7, 11) is 0. The number of rotatable bonds is 7. The molecule has 1 atom stereocenters. The highest BCUT2D eigenvalue weighted by molar-refractivity contribution is 8.00. The zero-order valence-electron chi connectivity index (χ0n) is 16.9. The Morgan fingerprint density at radius 2 is 1.69 bits per heavy atom. The Hall–Kier alpha value is -2.86. The van der Waals surface area contributed by atoms with Gasteiger partial charge in [0.1, 0.15) is 5.03 Å². The van der Waals surface area contributed by atoms with Crippen LogP contribution in [0.15, 0.2) is 70.5 Å². The molecule has 29 heavy (non-hydrogen) atoms. The van der Waals surface area contributed by atoms with Crippen LogP contribution in [-0.4, -0.2) is 20.9 Å². The van der Waals surface area contributed by atoms with Gasteiger partial charge >= 0.3 is 0 Å². The van der Waals surface area contributed by atoms with Crippen molar-refractivity contribution in [3.63, 3.8) is 0 Å². The van der Waals surface area contributed by atoms with Gasteiger partial charge in [-0.15, -0.1) is 0 Å². The molecule has 0 aliphatic carbocycles. The minimum Gasteiger partial charge on any atom is -0.351 e. The second-order valence-electron chi connectivity index (χ2n) is 6.91. The molecule has 2 aromatic carbocycles. The summed E-state index contributed by atoms with van der Waals surface area (Å²) in [6.07, 6.45) is 0.998. The Balaban J connectivity index is 1.64. The number of amides is 1. The van der Waals surface area contributed by atoms with Gasteiger partial charge in [-0.05, 0) is 49.6 Å². The average molecular weight is 408 g/mol. The van der Waals surface area contributed by atoms with E-state index in [1.54, 1.807) is 6.07 Å². The van der Waals surface area contributed by atoms with Crippen LogP contribution in [0, 0.1) is 6.92 Å². The van der Waals surface area contributed by atoms with Gasteiger partial charge < -0.3 is 5.32 Å². The normalized spacial score (nSPS) is 11.8. The summed E-state index contributed by atoms with van der Waals surface area (Å²) in [5.41, 5.74) is 3.96. The van der Waals surface area contributed by atoms with Gasteiger partial charge in [0.2, 0.25) is 5.91 Å². The molecule has 0 saturated carbocycles. The number of carbonyl (C=O) groups is 1. The predicted molar refractivity (Wildman–Crippen MR) is 118 cm³/mol. The number of hydrogen-bond donors (Lipinski definition) is 1. The molecule has 0 bridgehead atoms. The maximum absolute atomic E-state index is 12.5. The van der Waals surface area contributed by atoms with E-state index in [2.05, 4.69) is 29.5 Å². The van der Waals surface area contributed by atoms with Crippen LogP contribution in [0.5, 0.6) is 0 Å². The van der Waals surface area contributed by atoms with E-state index in [0.29, 0.717) is 17.3 Å². The summed E-state index contributed by atoms with van der Waals surface area (Å²) in [5, 5.41) is 7.68. The van der Waals surface area contributed by atoms with E-state index in [4.69, 9.17) is 0 Å². The molecule has 1 amide bonds. The van der Waals surface area contributed by atoms with Crippen LogP contribution in [0.4, 0.5) is 0 Å². The van der Waals surface area contributed by atoms with Gasteiger partial charge in [0.05, 0.1) is 10.9 Å². The summed E-state index contributed by atoms with van der Waals surface area (Å²) in [6, 6.07) is 19.0. The van der Waals surface area contributed by atoms with Gasteiger partial charge in [0, 0.05) is 12.6 Å². The highest BCUT2D eigenvalue weighted by Gasteiger charge is 2.16. The minimum absolute atomic E-state index is 0.0653. The largest absolute Gasteiger partial charge is 0.351 e. The first kappa shape index (κ1) is 20.9. The van der Waals surface area contributed by atoms with E-state index < -0.39 is 0 Å². The van der Waals surface area contributed by atoms with Crippen LogP contribution in [-0.2, 0) is 17.8 Å². The molecule has 0 fully saturated rings. The Morgan fingerprint density at radius 3 is 2.34 bits per heavy atom. The molecule has 1 aromatic heterocycles. The summed E-state index contributed by atoms with van der Waals surface area (Å²) in [6.45, 7) is 6.43. The van der Waals surface area contributed by atoms with Crippen molar-refractivity contribution in [2.45, 2.75) is 44.0 Å². The van der Waals surface area contributed by atoms with Crippen LogP contribution in [0.2, 0.25) is 0 Å². The standard InChI is InChI=1S/C23H25N3O2S/c1-4-18-7-9-19(10-8-18)15-24-23(28)17(3)29-21-13-14-22(27)26(25-21)20-11-5-16(2)6-12-20/h5-14,17H,4,15H2,1-3H3,(H,24,28)/t17-/m1/s1. The highest BCUT2D eigenvalue weighted by Crippen LogP contribution is 2.21. The van der Waals surface area contributed by atoms with Crippen molar-refractivity contribution >= 4 is 17.7 Å².